The first-order valence-corrected chi connectivity index (χ1v) is 11.1. The van der Waals surface area contributed by atoms with Gasteiger partial charge >= 0.3 is 6.09 Å². The number of carbonyl (C=O) groups is 1. The van der Waals surface area contributed by atoms with E-state index in [1.165, 1.54) is 23.3 Å². The van der Waals surface area contributed by atoms with Crippen LogP contribution in [0.4, 0.5) is 15.0 Å². The highest BCUT2D eigenvalue weighted by molar-refractivity contribution is 5.69. The van der Waals surface area contributed by atoms with E-state index < -0.39 is 23.9 Å². The van der Waals surface area contributed by atoms with Crippen LogP contribution in [-0.4, -0.2) is 56.3 Å². The number of aromatic nitrogens is 3. The summed E-state index contributed by atoms with van der Waals surface area (Å²) in [6.45, 7) is 5.62. The number of hydrogen-bond donors (Lipinski definition) is 1. The lowest BCUT2D eigenvalue weighted by Crippen LogP contribution is -2.36. The standard InChI is InChI=1S/C24H28FN5O2/c1-24(2,3)32-23(31)29-13-17(25)19(14-29)28-21-6-4-5-18(27-21)20-11-26-22-10-9-16(12-30(20)22)15-7-8-15/h4-6,9-12,15,17,19H,7-8,13-14H2,1-3H3,(H,27,28)/t17-,19?/m0/s1. The first kappa shape index (κ1) is 20.7. The Morgan fingerprint density at radius 2 is 2.00 bits per heavy atom. The number of pyridine rings is 2. The Balaban J connectivity index is 1.33. The molecule has 2 fully saturated rings. The van der Waals surface area contributed by atoms with Crippen LogP contribution in [0.1, 0.15) is 45.1 Å². The molecule has 168 valence electrons. The monoisotopic (exact) mass is 437 g/mol. The van der Waals surface area contributed by atoms with Gasteiger partial charge in [0.25, 0.3) is 0 Å². The van der Waals surface area contributed by atoms with E-state index in [0.717, 1.165) is 17.0 Å². The van der Waals surface area contributed by atoms with Crippen LogP contribution < -0.4 is 5.32 Å². The van der Waals surface area contributed by atoms with Gasteiger partial charge in [-0.25, -0.2) is 19.2 Å². The number of nitrogens with one attached hydrogen (secondary N) is 1. The van der Waals surface area contributed by atoms with Crippen molar-refractivity contribution >= 4 is 17.6 Å². The van der Waals surface area contributed by atoms with E-state index in [1.807, 2.05) is 30.5 Å². The third-order valence-corrected chi connectivity index (χ3v) is 5.82. The number of nitrogens with zero attached hydrogens (tertiary/aromatic N) is 4. The van der Waals surface area contributed by atoms with Crippen molar-refractivity contribution in [2.24, 2.45) is 0 Å². The summed E-state index contributed by atoms with van der Waals surface area (Å²) in [5.41, 5.74) is 3.23. The second-order valence-corrected chi connectivity index (χ2v) is 9.67. The minimum atomic E-state index is -1.20. The Morgan fingerprint density at radius 1 is 1.19 bits per heavy atom. The number of hydrogen-bond acceptors (Lipinski definition) is 5. The molecule has 1 aliphatic carbocycles. The first-order valence-electron chi connectivity index (χ1n) is 11.1. The van der Waals surface area contributed by atoms with Crippen LogP contribution >= 0.6 is 0 Å². The number of anilines is 1. The summed E-state index contributed by atoms with van der Waals surface area (Å²) in [5, 5.41) is 3.16. The largest absolute Gasteiger partial charge is 0.444 e. The molecule has 1 amide bonds. The smallest absolute Gasteiger partial charge is 0.410 e. The van der Waals surface area contributed by atoms with Gasteiger partial charge in [-0.3, -0.25) is 4.40 Å². The highest BCUT2D eigenvalue weighted by Gasteiger charge is 2.37. The molecular weight excluding hydrogens is 409 g/mol. The second kappa shape index (κ2) is 7.76. The van der Waals surface area contributed by atoms with Crippen molar-refractivity contribution in [2.45, 2.75) is 57.3 Å². The number of carbonyl (C=O) groups excluding carboxylic acids is 1. The summed E-state index contributed by atoms with van der Waals surface area (Å²) < 4.78 is 22.1. The molecule has 3 aromatic heterocycles. The molecule has 0 aromatic carbocycles. The van der Waals surface area contributed by atoms with Crippen LogP contribution in [0, 0.1) is 0 Å². The molecule has 1 aliphatic heterocycles. The first-order chi connectivity index (χ1) is 15.3. The van der Waals surface area contributed by atoms with Crippen molar-refractivity contribution in [2.75, 3.05) is 18.4 Å². The maximum atomic E-state index is 14.7. The molecule has 2 atom stereocenters. The molecule has 0 bridgehead atoms. The summed E-state index contributed by atoms with van der Waals surface area (Å²) >= 11 is 0. The number of likely N-dealkylation sites (tertiary alicyclic amines) is 1. The maximum absolute atomic E-state index is 14.7. The van der Waals surface area contributed by atoms with E-state index >= 15 is 0 Å². The van der Waals surface area contributed by atoms with Crippen LogP contribution in [0.5, 0.6) is 0 Å². The average molecular weight is 438 g/mol. The van der Waals surface area contributed by atoms with Crippen molar-refractivity contribution in [3.63, 3.8) is 0 Å². The molecule has 1 saturated heterocycles. The van der Waals surface area contributed by atoms with E-state index in [4.69, 9.17) is 9.72 Å². The van der Waals surface area contributed by atoms with Crippen molar-refractivity contribution in [3.05, 3.63) is 48.3 Å². The number of imidazole rings is 1. The number of ether oxygens (including phenoxy) is 1. The molecule has 7 nitrogen and oxygen atoms in total. The summed E-state index contributed by atoms with van der Waals surface area (Å²) in [6, 6.07) is 9.26. The number of alkyl halides is 1. The lowest BCUT2D eigenvalue weighted by Gasteiger charge is -2.24. The number of halogens is 1. The molecule has 3 aromatic rings. The molecule has 2 aliphatic rings. The topological polar surface area (TPSA) is 71.8 Å². The molecule has 1 saturated carbocycles. The van der Waals surface area contributed by atoms with Gasteiger partial charge in [-0.15, -0.1) is 0 Å². The van der Waals surface area contributed by atoms with Gasteiger partial charge in [-0.2, -0.15) is 0 Å². The van der Waals surface area contributed by atoms with Gasteiger partial charge in [-0.05, 0) is 63.3 Å². The van der Waals surface area contributed by atoms with Crippen molar-refractivity contribution in [1.29, 1.82) is 0 Å². The van der Waals surface area contributed by atoms with Crippen LogP contribution in [0.15, 0.2) is 42.7 Å². The van der Waals surface area contributed by atoms with E-state index in [9.17, 15) is 9.18 Å². The maximum Gasteiger partial charge on any atom is 0.410 e. The predicted octanol–water partition coefficient (Wildman–Crippen LogP) is 4.64. The zero-order chi connectivity index (χ0) is 22.5. The Morgan fingerprint density at radius 3 is 2.75 bits per heavy atom. The van der Waals surface area contributed by atoms with Crippen molar-refractivity contribution < 1.29 is 13.9 Å². The summed E-state index contributed by atoms with van der Waals surface area (Å²) in [5.74, 6) is 1.21. The molecule has 32 heavy (non-hydrogen) atoms. The minimum absolute atomic E-state index is 0.00345. The van der Waals surface area contributed by atoms with Gasteiger partial charge in [0.15, 0.2) is 0 Å². The molecule has 1 N–H and O–H groups in total. The molecule has 0 radical (unpaired) electrons. The molecule has 1 unspecified atom stereocenters. The summed E-state index contributed by atoms with van der Waals surface area (Å²) in [7, 11) is 0. The van der Waals surface area contributed by atoms with Crippen molar-refractivity contribution in [3.8, 4) is 11.4 Å². The van der Waals surface area contributed by atoms with Gasteiger partial charge < -0.3 is 15.0 Å². The van der Waals surface area contributed by atoms with E-state index in [-0.39, 0.29) is 13.1 Å². The molecule has 8 heteroatoms. The van der Waals surface area contributed by atoms with Crippen LogP contribution in [-0.2, 0) is 4.74 Å². The predicted molar refractivity (Wildman–Crippen MR) is 121 cm³/mol. The Kier molecular flexibility index (Phi) is 5.03. The third-order valence-electron chi connectivity index (χ3n) is 5.82. The summed E-state index contributed by atoms with van der Waals surface area (Å²) in [4.78, 5) is 22.9. The molecule has 4 heterocycles. The molecule has 0 spiro atoms. The van der Waals surface area contributed by atoms with Crippen LogP contribution in [0.25, 0.3) is 17.0 Å². The lowest BCUT2D eigenvalue weighted by atomic mass is 10.2. The van der Waals surface area contributed by atoms with Crippen LogP contribution in [0.2, 0.25) is 0 Å². The molecule has 5 rings (SSSR count). The van der Waals surface area contributed by atoms with Gasteiger partial charge in [0.2, 0.25) is 0 Å². The van der Waals surface area contributed by atoms with E-state index in [2.05, 4.69) is 27.0 Å². The fourth-order valence-electron chi connectivity index (χ4n) is 4.07. The fourth-order valence-corrected chi connectivity index (χ4v) is 4.07. The number of fused-ring (bicyclic) bond motifs is 1. The SMILES string of the molecule is CC(C)(C)OC(=O)N1CC(Nc2cccc(-c3cnc4ccc(C5CC5)cn34)n2)[C@@H](F)C1. The summed E-state index contributed by atoms with van der Waals surface area (Å²) in [6.07, 6.45) is 4.73. The normalized spacial score (nSPS) is 21.2. The number of rotatable bonds is 4. The zero-order valence-corrected chi connectivity index (χ0v) is 18.6. The van der Waals surface area contributed by atoms with Gasteiger partial charge in [0, 0.05) is 12.7 Å². The van der Waals surface area contributed by atoms with E-state index in [1.54, 1.807) is 20.8 Å². The Labute approximate surface area is 186 Å². The third kappa shape index (κ3) is 4.26. The Hall–Kier alpha value is -3.16. The van der Waals surface area contributed by atoms with Gasteiger partial charge in [0.05, 0.1) is 30.2 Å². The van der Waals surface area contributed by atoms with Gasteiger partial charge in [0.1, 0.15) is 23.2 Å². The van der Waals surface area contributed by atoms with E-state index in [0.29, 0.717) is 11.7 Å². The quantitative estimate of drug-likeness (QED) is 0.644. The highest BCUT2D eigenvalue weighted by Crippen LogP contribution is 2.40. The zero-order valence-electron chi connectivity index (χ0n) is 18.6. The average Bonchev–Trinajstić information content (AvgIpc) is 3.40. The second-order valence-electron chi connectivity index (χ2n) is 9.67. The van der Waals surface area contributed by atoms with Crippen molar-refractivity contribution in [1.82, 2.24) is 19.3 Å². The lowest BCUT2D eigenvalue weighted by molar-refractivity contribution is 0.0283. The minimum Gasteiger partial charge on any atom is -0.444 e. The highest BCUT2D eigenvalue weighted by atomic mass is 19.1. The Bertz CT molecular complexity index is 1150. The van der Waals surface area contributed by atoms with Crippen LogP contribution in [0.3, 0.4) is 0 Å². The van der Waals surface area contributed by atoms with Gasteiger partial charge in [-0.1, -0.05) is 12.1 Å². The molecular formula is C24H28FN5O2. The number of amides is 1. The fraction of sp³-hybridized carbons (Fsp3) is 0.458.